The summed E-state index contributed by atoms with van der Waals surface area (Å²) >= 11 is 1.32. The average Bonchev–Trinajstić information content (AvgIpc) is 1.63. The Labute approximate surface area is 615 Å². The average molecular weight is 1540 g/mol. The van der Waals surface area contributed by atoms with Gasteiger partial charge in [0.25, 0.3) is 5.01 Å². The Morgan fingerprint density at radius 2 is 0.806 bits per heavy atom. The van der Waals surface area contributed by atoms with Crippen LogP contribution in [-0.2, 0) is 92.8 Å². The molecule has 18 N–H and O–H groups in total. The van der Waals surface area contributed by atoms with Gasteiger partial charge in [0, 0.05) is 68.5 Å². The molecular formula is C65H83N12O30S+. The first-order chi connectivity index (χ1) is 50.9. The van der Waals surface area contributed by atoms with Gasteiger partial charge in [0.2, 0.25) is 41.0 Å². The number of aliphatic carboxylic acids is 12. The number of unbranched alkanes of at least 4 members (excludes halogenated alkanes) is 2. The molecule has 1 aliphatic rings. The van der Waals surface area contributed by atoms with Gasteiger partial charge in [-0.25, -0.2) is 9.59 Å². The van der Waals surface area contributed by atoms with Crippen LogP contribution in [0.1, 0.15) is 87.6 Å². The summed E-state index contributed by atoms with van der Waals surface area (Å²) in [5, 5.41) is 129. The fourth-order valence-electron chi connectivity index (χ4n) is 11.2. The number of aryl methyl sites for hydroxylation is 1. The Kier molecular flexibility index (Phi) is 36.0. The van der Waals surface area contributed by atoms with Crippen molar-refractivity contribution >= 4 is 146 Å². The molecule has 6 atom stereocenters. The number of rotatable bonds is 53. The Balaban J connectivity index is 1.57. The summed E-state index contributed by atoms with van der Waals surface area (Å²) in [5.41, 5.74) is 2.47. The first-order valence-electron chi connectivity index (χ1n) is 33.0. The van der Waals surface area contributed by atoms with Crippen LogP contribution in [0.25, 0.3) is 21.9 Å². The molecule has 42 nitrogen and oxygen atoms in total. The summed E-state index contributed by atoms with van der Waals surface area (Å²) in [6, 6.07) is 7.83. The number of anilines is 1. The molecule has 0 radical (unpaired) electrons. The zero-order chi connectivity index (χ0) is 80.5. The summed E-state index contributed by atoms with van der Waals surface area (Å²) in [6.07, 6.45) is -2.85. The lowest BCUT2D eigenvalue weighted by atomic mass is 9.99. The number of fused-ring (bicyclic) bond motifs is 2. The Morgan fingerprint density at radius 3 is 1.21 bits per heavy atom. The molecular weight excluding hydrogens is 1460 g/mol. The van der Waals surface area contributed by atoms with Crippen LogP contribution in [0.5, 0.6) is 0 Å². The highest BCUT2D eigenvalue weighted by atomic mass is 32.1. The van der Waals surface area contributed by atoms with E-state index in [1.54, 1.807) is 64.2 Å². The minimum absolute atomic E-state index is 0.00439. The van der Waals surface area contributed by atoms with Gasteiger partial charge in [-0.15, -0.1) is 0 Å². The number of carbonyl (C=O) groups is 18. The Hall–Kier alpha value is -12.1. The van der Waals surface area contributed by atoms with Crippen molar-refractivity contribution in [1.82, 2.24) is 51.5 Å². The number of hydrogen-bond acceptors (Lipinski definition) is 24. The molecule has 6 amide bonds. The molecule has 0 aliphatic carbocycles. The Morgan fingerprint density at radius 1 is 0.426 bits per heavy atom. The van der Waals surface area contributed by atoms with E-state index in [0.29, 0.717) is 37.1 Å². The number of para-hydroxylation sites is 2. The van der Waals surface area contributed by atoms with Gasteiger partial charge in [-0.3, -0.25) is 96.3 Å². The van der Waals surface area contributed by atoms with Crippen molar-refractivity contribution in [2.45, 2.75) is 120 Å². The molecule has 3 aromatic rings. The van der Waals surface area contributed by atoms with Crippen LogP contribution in [0.3, 0.4) is 0 Å². The molecule has 2 heterocycles. The van der Waals surface area contributed by atoms with Crippen molar-refractivity contribution in [3.8, 4) is 0 Å². The van der Waals surface area contributed by atoms with E-state index >= 15 is 0 Å². The third kappa shape index (κ3) is 30.5. The molecule has 0 saturated heterocycles. The second-order valence-corrected chi connectivity index (χ2v) is 25.2. The zero-order valence-electron chi connectivity index (χ0n) is 57.6. The molecule has 0 saturated carbocycles. The largest absolute Gasteiger partial charge is 0.480 e. The summed E-state index contributed by atoms with van der Waals surface area (Å²) < 4.78 is 2.56. The Bertz CT molecular complexity index is 3840. The normalized spacial score (nSPS) is 13.8. The van der Waals surface area contributed by atoms with Gasteiger partial charge in [-0.2, -0.15) is 4.57 Å². The van der Waals surface area contributed by atoms with E-state index in [1.165, 1.54) is 11.3 Å². The lowest BCUT2D eigenvalue weighted by Gasteiger charge is -2.28. The van der Waals surface area contributed by atoms with Crippen LogP contribution in [0.2, 0.25) is 0 Å². The van der Waals surface area contributed by atoms with Crippen molar-refractivity contribution in [3.63, 3.8) is 0 Å². The van der Waals surface area contributed by atoms with Gasteiger partial charge >= 0.3 is 71.6 Å². The van der Waals surface area contributed by atoms with Crippen molar-refractivity contribution < 1.29 is 152 Å². The van der Waals surface area contributed by atoms with Gasteiger partial charge in [-0.1, -0.05) is 41.7 Å². The van der Waals surface area contributed by atoms with Gasteiger partial charge in [0.15, 0.2) is 18.9 Å². The van der Waals surface area contributed by atoms with Crippen LogP contribution in [0.4, 0.5) is 5.69 Å². The third-order valence-electron chi connectivity index (χ3n) is 16.0. The van der Waals surface area contributed by atoms with Crippen LogP contribution < -0.4 is 41.4 Å². The van der Waals surface area contributed by atoms with Crippen LogP contribution in [-0.4, -0.2) is 296 Å². The molecule has 43 heteroatoms. The van der Waals surface area contributed by atoms with Crippen LogP contribution in [0.15, 0.2) is 60.8 Å². The number of hydrogen-bond donors (Lipinski definition) is 18. The van der Waals surface area contributed by atoms with Crippen LogP contribution >= 0.6 is 11.3 Å². The first kappa shape index (κ1) is 88.3. The summed E-state index contributed by atoms with van der Waals surface area (Å²) in [7, 11) is 0. The number of allylic oxidation sites excluding steroid dienone is 2. The van der Waals surface area contributed by atoms with Gasteiger partial charge < -0.3 is 98.1 Å². The maximum Gasteiger partial charge on any atom is 0.341 e. The van der Waals surface area contributed by atoms with E-state index in [-0.39, 0.29) is 77.5 Å². The molecule has 1 aromatic heterocycles. The SMILES string of the molecule is O=C(O)CN(CC(=O)O)C(CCCCNC(=O)C(CCC(=O)NC(C(=O)O)N(CC(=O)O)CC(=O)O)NC(=O)CCN1C=C/C(=C\c2sc3ccccc3[n+]2CCC(=O)NC(CCC(=O)NC(C(=O)O)N(CC(=O)O)CC(=O)O)C(=O)NCCCCC(C(=O)O)N(CC(=O)O)CC(=O)O)c2ccccc21)C(=O)O. The van der Waals surface area contributed by atoms with Gasteiger partial charge in [0.1, 0.15) is 28.9 Å². The number of carboxylic acids is 12. The van der Waals surface area contributed by atoms with Crippen molar-refractivity contribution in [2.24, 2.45) is 0 Å². The fraction of sp³-hybridized carbons (Fsp3) is 0.462. The van der Waals surface area contributed by atoms with Crippen molar-refractivity contribution in [2.75, 3.05) is 76.9 Å². The molecule has 108 heavy (non-hydrogen) atoms. The van der Waals surface area contributed by atoms with Gasteiger partial charge in [0.05, 0.1) is 58.8 Å². The van der Waals surface area contributed by atoms with E-state index in [0.717, 1.165) is 14.5 Å². The number of amides is 6. The highest BCUT2D eigenvalue weighted by Crippen LogP contribution is 2.35. The maximum absolute atomic E-state index is 14.1. The molecule has 6 unspecified atom stereocenters. The van der Waals surface area contributed by atoms with Crippen molar-refractivity contribution in [1.29, 1.82) is 0 Å². The van der Waals surface area contributed by atoms with Crippen LogP contribution in [0, 0.1) is 0 Å². The second kappa shape index (κ2) is 44.0. The molecule has 1 aliphatic heterocycles. The number of thiazole rings is 1. The third-order valence-corrected chi connectivity index (χ3v) is 17.1. The highest BCUT2D eigenvalue weighted by molar-refractivity contribution is 7.18. The van der Waals surface area contributed by atoms with Gasteiger partial charge in [-0.05, 0) is 75.1 Å². The van der Waals surface area contributed by atoms with Crippen molar-refractivity contribution in [3.05, 3.63) is 71.4 Å². The smallest absolute Gasteiger partial charge is 0.341 e. The first-order valence-corrected chi connectivity index (χ1v) is 33.8. The predicted octanol–water partition coefficient (Wildman–Crippen LogP) is -3.21. The summed E-state index contributed by atoms with van der Waals surface area (Å²) in [4.78, 5) is 226. The molecule has 0 fully saturated rings. The maximum atomic E-state index is 14.1. The van der Waals surface area contributed by atoms with E-state index in [1.807, 2.05) is 22.8 Å². The summed E-state index contributed by atoms with van der Waals surface area (Å²) in [6.45, 7) is -8.74. The monoisotopic (exact) mass is 1540 g/mol. The fourth-order valence-corrected chi connectivity index (χ4v) is 12.4. The van der Waals surface area contributed by atoms with E-state index < -0.39 is 222 Å². The summed E-state index contributed by atoms with van der Waals surface area (Å²) in [5.74, 6) is -24.8. The minimum Gasteiger partial charge on any atom is -0.480 e. The zero-order valence-corrected chi connectivity index (χ0v) is 58.4. The number of aromatic nitrogens is 1. The number of nitrogens with one attached hydrogen (secondary N) is 6. The highest BCUT2D eigenvalue weighted by Gasteiger charge is 2.36. The quantitative estimate of drug-likeness (QED) is 0.0150. The number of nitrogens with zero attached hydrogens (tertiary/aromatic N) is 6. The molecule has 0 spiro atoms. The lowest BCUT2D eigenvalue weighted by molar-refractivity contribution is -0.667. The van der Waals surface area contributed by atoms with E-state index in [2.05, 4.69) is 21.3 Å². The predicted molar refractivity (Wildman–Crippen MR) is 367 cm³/mol. The van der Waals surface area contributed by atoms with E-state index in [9.17, 15) is 148 Å². The number of carbonyl (C=O) groups excluding carboxylic acids is 6. The number of carboxylic acid groups (broad SMARTS) is 12. The molecule has 588 valence electrons. The molecule has 4 rings (SSSR count). The second-order valence-electron chi connectivity index (χ2n) is 24.2. The lowest BCUT2D eigenvalue weighted by Crippen LogP contribution is -2.56. The minimum atomic E-state index is -2.18. The molecule has 0 bridgehead atoms. The van der Waals surface area contributed by atoms with E-state index in [4.69, 9.17) is 0 Å². The topological polar surface area (TPSA) is 642 Å². The molecule has 2 aromatic carbocycles. The number of benzene rings is 2. The standard InChI is InChI=1S/C65H82N12O30S/c78-45(70-58(64(104)105)75(32-54(90)91)33-55(92)93)17-15-38(60(98)66-22-7-5-12-42(62(100)101)73(28-50(82)83)29-51(84)85)68-47(80)20-25-72-24-19-36(37-9-1-2-10-40(37)72)27-49-77(41-11-3-4-14-44(41)108-49)26-21-48(81)69-39(16-18-46(79)71-59(65(106)107)76(34-56(94)95)35-57(96)97)61(99)67-23-8-6-13-43(63(102)103)74(30-52(86)87)31-53(88)89/h1-4,9-11,14,19,24,27,38-39,42-43,58-59H,5-8,12-13,15-18,20-23,25-26,28-35H2,(H17-,66,67,68,69,70,71,78,79,80,81,82,83,84,85,86,87,88,89,90,91,92,93,94,95,96,97,98,99,100,101,102,103,104,105,106,107)/p+1.